The van der Waals surface area contributed by atoms with Gasteiger partial charge in [0.2, 0.25) is 5.76 Å². The molecule has 2 aliphatic rings. The zero-order valence-corrected chi connectivity index (χ0v) is 13.8. The Kier molecular flexibility index (Phi) is 4.74. The highest BCUT2D eigenvalue weighted by Gasteiger charge is 2.28. The molecule has 1 amide bonds. The van der Waals surface area contributed by atoms with Gasteiger partial charge in [0.25, 0.3) is 5.91 Å². The van der Waals surface area contributed by atoms with Crippen LogP contribution in [0.15, 0.2) is 41.9 Å². The maximum atomic E-state index is 12.5. The molecule has 0 aliphatic carbocycles. The number of carbonyl (C=O) groups is 1. The van der Waals surface area contributed by atoms with Crippen LogP contribution >= 0.6 is 0 Å². The van der Waals surface area contributed by atoms with Crippen molar-refractivity contribution in [1.82, 2.24) is 4.90 Å². The second-order valence-corrected chi connectivity index (χ2v) is 6.20. The molecule has 0 N–H and O–H groups in total. The molecule has 3 rings (SSSR count). The van der Waals surface area contributed by atoms with E-state index in [4.69, 9.17) is 9.47 Å². The van der Waals surface area contributed by atoms with Crippen molar-refractivity contribution in [3.05, 3.63) is 41.9 Å². The fourth-order valence-electron chi connectivity index (χ4n) is 3.22. The molecule has 0 saturated carbocycles. The fourth-order valence-corrected chi connectivity index (χ4v) is 3.22. The van der Waals surface area contributed by atoms with Crippen molar-refractivity contribution in [2.24, 2.45) is 5.92 Å². The molecule has 1 saturated heterocycles. The highest BCUT2D eigenvalue weighted by atomic mass is 16.6. The van der Waals surface area contributed by atoms with Crippen LogP contribution in [0.3, 0.4) is 0 Å². The quantitative estimate of drug-likeness (QED) is 0.854. The van der Waals surface area contributed by atoms with Crippen molar-refractivity contribution in [3.8, 4) is 0 Å². The molecule has 1 aromatic carbocycles. The summed E-state index contributed by atoms with van der Waals surface area (Å²) in [5.74, 6) is 1.34. The van der Waals surface area contributed by atoms with Crippen LogP contribution in [-0.4, -0.2) is 50.7 Å². The van der Waals surface area contributed by atoms with Crippen molar-refractivity contribution in [2.45, 2.75) is 13.3 Å². The maximum Gasteiger partial charge on any atom is 0.292 e. The molecule has 124 valence electrons. The average molecular weight is 316 g/mol. The molecule has 0 bridgehead atoms. The van der Waals surface area contributed by atoms with E-state index in [1.165, 1.54) is 5.69 Å². The third kappa shape index (κ3) is 3.60. The number of anilines is 1. The minimum Gasteiger partial charge on any atom is -0.491 e. The van der Waals surface area contributed by atoms with Crippen LogP contribution < -0.4 is 4.90 Å². The Balaban J connectivity index is 1.57. The molecule has 1 atom stereocenters. The normalized spacial score (nSPS) is 21.0. The van der Waals surface area contributed by atoms with E-state index in [1.54, 1.807) is 11.8 Å². The van der Waals surface area contributed by atoms with E-state index in [9.17, 15) is 4.79 Å². The van der Waals surface area contributed by atoms with Gasteiger partial charge >= 0.3 is 0 Å². The number of ether oxygens (including phenoxy) is 2. The fraction of sp³-hybridized carbons (Fsp3) is 0.500. The predicted octanol–water partition coefficient (Wildman–Crippen LogP) is 2.25. The number of rotatable bonds is 4. The van der Waals surface area contributed by atoms with Gasteiger partial charge in [-0.15, -0.1) is 0 Å². The summed E-state index contributed by atoms with van der Waals surface area (Å²) >= 11 is 0. The first kappa shape index (κ1) is 15.7. The summed E-state index contributed by atoms with van der Waals surface area (Å²) in [5, 5.41) is 0. The number of allylic oxidation sites excluding steroid dienone is 1. The number of para-hydroxylation sites is 1. The SMILES string of the molecule is CC1=C(C(=O)N(C)CC2CCN(c3ccccc3)C2)OCCO1. The lowest BCUT2D eigenvalue weighted by Gasteiger charge is -2.26. The van der Waals surface area contributed by atoms with Gasteiger partial charge < -0.3 is 19.3 Å². The number of carbonyl (C=O) groups excluding carboxylic acids is 1. The Morgan fingerprint density at radius 1 is 1.26 bits per heavy atom. The Bertz CT molecular complexity index is 585. The van der Waals surface area contributed by atoms with E-state index in [0.717, 1.165) is 26.1 Å². The number of nitrogens with zero attached hydrogens (tertiary/aromatic N) is 2. The Morgan fingerprint density at radius 3 is 2.74 bits per heavy atom. The second-order valence-electron chi connectivity index (χ2n) is 6.20. The van der Waals surface area contributed by atoms with Gasteiger partial charge in [0.1, 0.15) is 19.0 Å². The standard InChI is InChI=1S/C18H24N2O3/c1-14-17(23-11-10-22-14)18(21)19(2)12-15-8-9-20(13-15)16-6-4-3-5-7-16/h3-7,15H,8-13H2,1-2H3. The van der Waals surface area contributed by atoms with E-state index < -0.39 is 0 Å². The molecule has 5 nitrogen and oxygen atoms in total. The Labute approximate surface area is 137 Å². The van der Waals surface area contributed by atoms with E-state index >= 15 is 0 Å². The predicted molar refractivity (Wildman–Crippen MR) is 89.0 cm³/mol. The van der Waals surface area contributed by atoms with Crippen molar-refractivity contribution in [1.29, 1.82) is 0 Å². The Morgan fingerprint density at radius 2 is 2.00 bits per heavy atom. The van der Waals surface area contributed by atoms with Gasteiger partial charge in [-0.25, -0.2) is 0 Å². The molecular weight excluding hydrogens is 292 g/mol. The van der Waals surface area contributed by atoms with Gasteiger partial charge in [0, 0.05) is 32.4 Å². The van der Waals surface area contributed by atoms with E-state index in [-0.39, 0.29) is 5.91 Å². The number of hydrogen-bond donors (Lipinski definition) is 0. The van der Waals surface area contributed by atoms with Crippen LogP contribution in [0.4, 0.5) is 5.69 Å². The molecule has 0 spiro atoms. The van der Waals surface area contributed by atoms with Gasteiger partial charge in [-0.2, -0.15) is 0 Å². The second kappa shape index (κ2) is 6.94. The average Bonchev–Trinajstić information content (AvgIpc) is 3.04. The molecule has 23 heavy (non-hydrogen) atoms. The maximum absolute atomic E-state index is 12.5. The van der Waals surface area contributed by atoms with Gasteiger partial charge in [-0.1, -0.05) is 18.2 Å². The van der Waals surface area contributed by atoms with Crippen LogP contribution in [0.1, 0.15) is 13.3 Å². The molecule has 1 fully saturated rings. The summed E-state index contributed by atoms with van der Waals surface area (Å²) in [6.07, 6.45) is 1.10. The molecule has 1 unspecified atom stereocenters. The number of likely N-dealkylation sites (N-methyl/N-ethyl adjacent to an activating group) is 1. The van der Waals surface area contributed by atoms with Gasteiger partial charge in [-0.3, -0.25) is 4.79 Å². The van der Waals surface area contributed by atoms with E-state index in [0.29, 0.717) is 30.6 Å². The lowest BCUT2D eigenvalue weighted by Crippen LogP contribution is -2.36. The number of benzene rings is 1. The summed E-state index contributed by atoms with van der Waals surface area (Å²) in [4.78, 5) is 16.6. The minimum atomic E-state index is -0.0830. The molecular formula is C18H24N2O3. The van der Waals surface area contributed by atoms with Crippen LogP contribution in [0.2, 0.25) is 0 Å². The van der Waals surface area contributed by atoms with E-state index in [1.807, 2.05) is 13.1 Å². The van der Waals surface area contributed by atoms with Crippen LogP contribution in [0, 0.1) is 5.92 Å². The lowest BCUT2D eigenvalue weighted by atomic mass is 10.1. The lowest BCUT2D eigenvalue weighted by molar-refractivity contribution is -0.132. The first-order valence-corrected chi connectivity index (χ1v) is 8.17. The van der Waals surface area contributed by atoms with E-state index in [2.05, 4.69) is 29.2 Å². The largest absolute Gasteiger partial charge is 0.491 e. The Hall–Kier alpha value is -2.17. The van der Waals surface area contributed by atoms with Crippen molar-refractivity contribution < 1.29 is 14.3 Å². The van der Waals surface area contributed by atoms with Crippen molar-refractivity contribution in [2.75, 3.05) is 44.8 Å². The zero-order chi connectivity index (χ0) is 16.2. The first-order valence-electron chi connectivity index (χ1n) is 8.17. The van der Waals surface area contributed by atoms with Gasteiger partial charge in [-0.05, 0) is 31.4 Å². The van der Waals surface area contributed by atoms with Crippen molar-refractivity contribution >= 4 is 11.6 Å². The van der Waals surface area contributed by atoms with Crippen LogP contribution in [0.5, 0.6) is 0 Å². The van der Waals surface area contributed by atoms with Gasteiger partial charge in [0.15, 0.2) is 0 Å². The molecule has 5 heteroatoms. The highest BCUT2D eigenvalue weighted by molar-refractivity contribution is 5.91. The smallest absolute Gasteiger partial charge is 0.292 e. The van der Waals surface area contributed by atoms with Crippen LogP contribution in [-0.2, 0) is 14.3 Å². The summed E-state index contributed by atoms with van der Waals surface area (Å²) in [5.41, 5.74) is 1.26. The molecule has 1 aromatic rings. The number of hydrogen-bond acceptors (Lipinski definition) is 4. The molecule has 0 aromatic heterocycles. The third-order valence-electron chi connectivity index (χ3n) is 4.45. The topological polar surface area (TPSA) is 42.0 Å². The first-order chi connectivity index (χ1) is 11.1. The minimum absolute atomic E-state index is 0.0830. The zero-order valence-electron chi connectivity index (χ0n) is 13.8. The van der Waals surface area contributed by atoms with Crippen molar-refractivity contribution in [3.63, 3.8) is 0 Å². The highest BCUT2D eigenvalue weighted by Crippen LogP contribution is 2.24. The summed E-state index contributed by atoms with van der Waals surface area (Å²) in [6.45, 7) is 5.50. The molecule has 0 radical (unpaired) electrons. The molecule has 2 heterocycles. The van der Waals surface area contributed by atoms with Gasteiger partial charge in [0.05, 0.1) is 0 Å². The summed E-state index contributed by atoms with van der Waals surface area (Å²) < 4.78 is 10.9. The summed E-state index contributed by atoms with van der Waals surface area (Å²) in [6, 6.07) is 10.4. The van der Waals surface area contributed by atoms with Crippen LogP contribution in [0.25, 0.3) is 0 Å². The summed E-state index contributed by atoms with van der Waals surface area (Å²) in [7, 11) is 1.84. The number of amides is 1. The molecule has 2 aliphatic heterocycles. The third-order valence-corrected chi connectivity index (χ3v) is 4.45. The monoisotopic (exact) mass is 316 g/mol.